The van der Waals surface area contributed by atoms with Crippen molar-refractivity contribution in [3.05, 3.63) is 36.5 Å². The van der Waals surface area contributed by atoms with Gasteiger partial charge in [0, 0.05) is 38.7 Å². The van der Waals surface area contributed by atoms with Crippen molar-refractivity contribution in [2.45, 2.75) is 296 Å². The molecule has 0 spiro atoms. The van der Waals surface area contributed by atoms with E-state index in [2.05, 4.69) is 111 Å². The molecule has 8 rings (SSSR count). The molecule has 0 aromatic heterocycles. The van der Waals surface area contributed by atoms with E-state index in [0.29, 0.717) is 51.2 Å². The fourth-order valence-electron chi connectivity index (χ4n) is 14.3. The molecule has 18 atom stereocenters. The van der Waals surface area contributed by atoms with Gasteiger partial charge in [-0.1, -0.05) is 94.5 Å². The zero-order valence-corrected chi connectivity index (χ0v) is 53.3. The molecule has 0 aromatic rings. The van der Waals surface area contributed by atoms with Crippen molar-refractivity contribution in [3.8, 4) is 0 Å². The molecule has 426 valence electrons. The van der Waals surface area contributed by atoms with Crippen molar-refractivity contribution < 1.29 is 56.3 Å². The summed E-state index contributed by atoms with van der Waals surface area (Å²) in [5, 5.41) is 11.5. The van der Waals surface area contributed by atoms with Gasteiger partial charge in [-0.05, 0) is 146 Å². The molecule has 8 aliphatic rings. The van der Waals surface area contributed by atoms with Crippen LogP contribution in [0.5, 0.6) is 0 Å². The standard InChI is InChI=1S/C58H103IO12Si3/c1-15-25-26-42(60)33-46-49(66-50(52(46)61-14)34-45(70-73(19-5,20-6)21-7)36-63-72(16-2,17-3)18-4)35-48-41(13)39(11)31-43(65-48)27-28-47-40(12)32-44(64-47)29-30-57-38-58(59)56(69-57)55-54(68-58)53(67-57)51(37-62-55)71-74(22-8,23-9)24-10/h15,25,39,42-56,60H,12-13,16-24,26-38H2,1-11,14H3/b25-15+/t39?,42?,43?,44?,45?,46?,47?,48?,49-,50+,51?,52+,53?,54?,55?,56?,57+,58+/m0/s1. The topological polar surface area (TPSA) is 122 Å². The minimum atomic E-state index is -1.98. The predicted molar refractivity (Wildman–Crippen MR) is 310 cm³/mol. The fraction of sp³-hybridized carbons (Fsp3) is 0.897. The zero-order chi connectivity index (χ0) is 53.6. The third-order valence-corrected chi connectivity index (χ3v) is 35.1. The predicted octanol–water partition coefficient (Wildman–Crippen LogP) is 13.1. The van der Waals surface area contributed by atoms with Crippen LogP contribution < -0.4 is 0 Å². The Morgan fingerprint density at radius 2 is 1.43 bits per heavy atom. The third kappa shape index (κ3) is 13.5. The zero-order valence-electron chi connectivity index (χ0n) is 48.2. The highest BCUT2D eigenvalue weighted by Crippen LogP contribution is 2.60. The van der Waals surface area contributed by atoms with Gasteiger partial charge in [-0.2, -0.15) is 0 Å². The fourth-order valence-corrected chi connectivity index (χ4v) is 24.0. The van der Waals surface area contributed by atoms with E-state index in [-0.39, 0.29) is 85.3 Å². The summed E-state index contributed by atoms with van der Waals surface area (Å²) in [6.07, 6.45) is 10.1. The van der Waals surface area contributed by atoms with Crippen molar-refractivity contribution in [1.29, 1.82) is 0 Å². The third-order valence-electron chi connectivity index (χ3n) is 19.9. The second-order valence-corrected chi connectivity index (χ2v) is 39.8. The smallest absolute Gasteiger partial charge is 0.192 e. The van der Waals surface area contributed by atoms with E-state index < -0.39 is 40.5 Å². The van der Waals surface area contributed by atoms with Crippen molar-refractivity contribution >= 4 is 47.5 Å². The lowest BCUT2D eigenvalue weighted by Gasteiger charge is -2.43. The van der Waals surface area contributed by atoms with E-state index in [4.69, 9.17) is 51.2 Å². The van der Waals surface area contributed by atoms with Gasteiger partial charge in [0.25, 0.3) is 0 Å². The molecule has 0 amide bonds. The van der Waals surface area contributed by atoms with Crippen LogP contribution in [0.15, 0.2) is 36.5 Å². The molecule has 16 heteroatoms. The van der Waals surface area contributed by atoms with Gasteiger partial charge in [0.1, 0.15) is 24.4 Å². The first-order valence-corrected chi connectivity index (χ1v) is 38.6. The Morgan fingerprint density at radius 1 is 0.770 bits per heavy atom. The lowest BCUT2D eigenvalue weighted by molar-refractivity contribution is -0.265. The van der Waals surface area contributed by atoms with Crippen LogP contribution in [-0.2, 0) is 51.2 Å². The Balaban J connectivity index is 0.989. The molecule has 0 aliphatic carbocycles. The van der Waals surface area contributed by atoms with Gasteiger partial charge >= 0.3 is 0 Å². The average Bonchev–Trinajstić information content (AvgIpc) is 4.06. The van der Waals surface area contributed by atoms with Crippen molar-refractivity contribution in [2.24, 2.45) is 11.8 Å². The molecule has 8 aliphatic heterocycles. The molecule has 13 unspecified atom stereocenters. The van der Waals surface area contributed by atoms with Crippen LogP contribution in [0.2, 0.25) is 54.4 Å². The molecule has 8 heterocycles. The highest BCUT2D eigenvalue weighted by Gasteiger charge is 2.73. The molecular weight excluding hydrogens is 1100 g/mol. The summed E-state index contributed by atoms with van der Waals surface area (Å²) in [6.45, 7) is 35.2. The highest BCUT2D eigenvalue weighted by atomic mass is 127. The number of hydrogen-bond acceptors (Lipinski definition) is 12. The van der Waals surface area contributed by atoms with Crippen LogP contribution in [0.25, 0.3) is 0 Å². The maximum Gasteiger partial charge on any atom is 0.192 e. The molecule has 12 nitrogen and oxygen atoms in total. The van der Waals surface area contributed by atoms with Crippen molar-refractivity contribution in [2.75, 3.05) is 20.3 Å². The summed E-state index contributed by atoms with van der Waals surface area (Å²) in [5.41, 5.74) is 2.28. The van der Waals surface area contributed by atoms with Gasteiger partial charge in [0.15, 0.2) is 34.3 Å². The van der Waals surface area contributed by atoms with Gasteiger partial charge in [0.2, 0.25) is 0 Å². The first kappa shape index (κ1) is 61.7. The number of alkyl halides is 1. The number of hydrogen-bond donors (Lipinski definition) is 1. The normalized spacial score (nSPS) is 38.2. The average molecular weight is 1200 g/mol. The maximum absolute atomic E-state index is 11.5. The Bertz CT molecular complexity index is 1810. The lowest BCUT2D eigenvalue weighted by Crippen LogP contribution is -2.58. The summed E-state index contributed by atoms with van der Waals surface area (Å²) in [7, 11) is -3.96. The lowest BCUT2D eigenvalue weighted by atomic mass is 9.81. The van der Waals surface area contributed by atoms with Crippen LogP contribution >= 0.6 is 22.6 Å². The highest BCUT2D eigenvalue weighted by molar-refractivity contribution is 14.1. The van der Waals surface area contributed by atoms with Crippen LogP contribution in [-0.4, -0.2) is 145 Å². The van der Waals surface area contributed by atoms with E-state index in [1.54, 1.807) is 0 Å². The van der Waals surface area contributed by atoms with E-state index in [1.807, 2.05) is 20.1 Å². The second kappa shape index (κ2) is 26.8. The minimum Gasteiger partial charge on any atom is -0.414 e. The van der Waals surface area contributed by atoms with Crippen molar-refractivity contribution in [1.82, 2.24) is 0 Å². The summed E-state index contributed by atoms with van der Waals surface area (Å²) >= 11 is 2.47. The molecular formula is C58H103IO12Si3. The van der Waals surface area contributed by atoms with Crippen LogP contribution in [0.1, 0.15) is 147 Å². The van der Waals surface area contributed by atoms with E-state index in [1.165, 1.54) is 0 Å². The number of aliphatic hydroxyl groups excluding tert-OH is 1. The van der Waals surface area contributed by atoms with Gasteiger partial charge in [-0.3, -0.25) is 0 Å². The Hall–Kier alpha value is 0.121. The van der Waals surface area contributed by atoms with Crippen molar-refractivity contribution in [3.63, 3.8) is 0 Å². The minimum absolute atomic E-state index is 0.0250. The number of halogens is 1. The molecule has 0 aromatic carbocycles. The first-order chi connectivity index (χ1) is 35.4. The quantitative estimate of drug-likeness (QED) is 0.0308. The second-order valence-electron chi connectivity index (χ2n) is 23.7. The Kier molecular flexibility index (Phi) is 22.4. The summed E-state index contributed by atoms with van der Waals surface area (Å²) in [5.74, 6) is -0.499. The molecule has 0 radical (unpaired) electrons. The van der Waals surface area contributed by atoms with Gasteiger partial charge < -0.3 is 56.3 Å². The summed E-state index contributed by atoms with van der Waals surface area (Å²) in [4.78, 5) is 0. The molecule has 1 N–H and O–H groups in total. The van der Waals surface area contributed by atoms with Gasteiger partial charge in [0.05, 0.1) is 74.3 Å². The van der Waals surface area contributed by atoms with E-state index in [0.717, 1.165) is 104 Å². The monoisotopic (exact) mass is 1200 g/mol. The molecule has 74 heavy (non-hydrogen) atoms. The van der Waals surface area contributed by atoms with Gasteiger partial charge in [-0.15, -0.1) is 0 Å². The first-order valence-electron chi connectivity index (χ1n) is 29.9. The Morgan fingerprint density at radius 3 is 2.07 bits per heavy atom. The van der Waals surface area contributed by atoms with Crippen LogP contribution in [0, 0.1) is 11.8 Å². The van der Waals surface area contributed by atoms with E-state index in [9.17, 15) is 5.11 Å². The van der Waals surface area contributed by atoms with Crippen LogP contribution in [0.3, 0.4) is 0 Å². The van der Waals surface area contributed by atoms with E-state index >= 15 is 0 Å². The number of methoxy groups -OCH3 is 1. The SMILES string of the molecule is C=C1CC(CC[C@@]23C[C@@]4(I)OC5C(O2)C(O[Si](CC)(CC)CC)COC5C4O3)OC1CCC1CC(C)C(=C)C(C[C@@H]2O[C@H](CC(CO[Si](CC)(CC)CC)O[Si](CC)(CC)CC)[C@H](OC)C2CC(O)C/C=C/C)O1. The Labute approximate surface area is 465 Å². The molecule has 8 fully saturated rings. The largest absolute Gasteiger partial charge is 0.414 e. The maximum atomic E-state index is 11.5. The van der Waals surface area contributed by atoms with Crippen LogP contribution in [0.4, 0.5) is 0 Å². The number of ether oxygens (including phenoxy) is 8. The number of aliphatic hydroxyl groups is 1. The molecule has 0 saturated carbocycles. The number of rotatable bonds is 31. The number of allylic oxidation sites excluding steroid dienone is 1. The molecule has 8 saturated heterocycles. The van der Waals surface area contributed by atoms with Gasteiger partial charge in [-0.25, -0.2) is 0 Å². The summed E-state index contributed by atoms with van der Waals surface area (Å²) < 4.78 is 76.0. The summed E-state index contributed by atoms with van der Waals surface area (Å²) in [6, 6.07) is 9.76. The molecule has 6 bridgehead atoms.